The minimum Gasteiger partial charge on any atom is -0.122 e. The van der Waals surface area contributed by atoms with Crippen molar-refractivity contribution in [1.29, 1.82) is 0 Å². The Morgan fingerprint density at radius 1 is 0.737 bits per heavy atom. The molecule has 1 aliphatic rings. The Kier molecular flexibility index (Phi) is 4.24. The van der Waals surface area contributed by atoms with Gasteiger partial charge in [-0.05, 0) is 30.0 Å². The van der Waals surface area contributed by atoms with Gasteiger partial charge in [0.15, 0.2) is 0 Å². The van der Waals surface area contributed by atoms with Crippen LogP contribution in [0.3, 0.4) is 0 Å². The van der Waals surface area contributed by atoms with Crippen molar-refractivity contribution in [3.8, 4) is 11.1 Å². The molecule has 19 heavy (non-hydrogen) atoms. The maximum Gasteiger partial charge on any atom is 0.0153 e. The molecule has 0 spiro atoms. The Morgan fingerprint density at radius 2 is 1.42 bits per heavy atom. The van der Waals surface area contributed by atoms with Crippen LogP contribution in [0.2, 0.25) is 0 Å². The molecule has 0 heterocycles. The van der Waals surface area contributed by atoms with Crippen molar-refractivity contribution in [3.63, 3.8) is 0 Å². The fourth-order valence-electron chi connectivity index (χ4n) is 2.79. The molecule has 0 saturated heterocycles. The Labute approximate surface area is 120 Å². The van der Waals surface area contributed by atoms with Crippen LogP contribution in [0, 0.1) is 0 Å². The predicted molar refractivity (Wildman–Crippen MR) is 84.6 cm³/mol. The van der Waals surface area contributed by atoms with Crippen LogP contribution in [0.25, 0.3) is 11.1 Å². The third-order valence-corrected chi connectivity index (χ3v) is 5.23. The highest BCUT2D eigenvalue weighted by molar-refractivity contribution is 8.00. The molecule has 0 aromatic heterocycles. The van der Waals surface area contributed by atoms with E-state index in [9.17, 15) is 0 Å². The second-order valence-electron chi connectivity index (χ2n) is 5.24. The van der Waals surface area contributed by atoms with E-state index in [0.29, 0.717) is 0 Å². The Bertz CT molecular complexity index is 512. The van der Waals surface area contributed by atoms with Crippen molar-refractivity contribution >= 4 is 11.8 Å². The van der Waals surface area contributed by atoms with Gasteiger partial charge in [0.25, 0.3) is 0 Å². The van der Waals surface area contributed by atoms with E-state index in [4.69, 9.17) is 0 Å². The zero-order valence-electron chi connectivity index (χ0n) is 11.2. The van der Waals surface area contributed by atoms with Gasteiger partial charge < -0.3 is 0 Å². The standard InChI is InChI=1S/C18H20S/c1-3-9-15(10-4-1)17-13-7-8-14-18(17)19-16-11-5-2-6-12-16/h1,3-4,7-10,13-14,16H,2,5-6,11-12H2. The SMILES string of the molecule is c1ccc(-c2ccccc2SC2CCCCC2)cc1. The van der Waals surface area contributed by atoms with E-state index in [2.05, 4.69) is 66.4 Å². The minimum absolute atomic E-state index is 0.818. The summed E-state index contributed by atoms with van der Waals surface area (Å²) in [5.41, 5.74) is 2.72. The van der Waals surface area contributed by atoms with Gasteiger partial charge in [-0.1, -0.05) is 67.8 Å². The highest BCUT2D eigenvalue weighted by Crippen LogP contribution is 2.38. The van der Waals surface area contributed by atoms with E-state index in [1.807, 2.05) is 0 Å². The average molecular weight is 268 g/mol. The Hall–Kier alpha value is -1.21. The van der Waals surface area contributed by atoms with Crippen molar-refractivity contribution in [2.24, 2.45) is 0 Å². The van der Waals surface area contributed by atoms with Gasteiger partial charge >= 0.3 is 0 Å². The molecule has 2 aromatic carbocycles. The van der Waals surface area contributed by atoms with E-state index in [1.54, 1.807) is 0 Å². The quantitative estimate of drug-likeness (QED) is 0.680. The van der Waals surface area contributed by atoms with Crippen LogP contribution in [0.4, 0.5) is 0 Å². The number of rotatable bonds is 3. The molecular formula is C18H20S. The van der Waals surface area contributed by atoms with Crippen molar-refractivity contribution in [2.45, 2.75) is 42.2 Å². The fourth-order valence-corrected chi connectivity index (χ4v) is 4.19. The van der Waals surface area contributed by atoms with E-state index in [-0.39, 0.29) is 0 Å². The number of thioether (sulfide) groups is 1. The lowest BCUT2D eigenvalue weighted by Crippen LogP contribution is -2.07. The summed E-state index contributed by atoms with van der Waals surface area (Å²) in [7, 11) is 0. The van der Waals surface area contributed by atoms with Gasteiger partial charge in [0.1, 0.15) is 0 Å². The van der Waals surface area contributed by atoms with E-state index < -0.39 is 0 Å². The largest absolute Gasteiger partial charge is 0.122 e. The summed E-state index contributed by atoms with van der Waals surface area (Å²) in [5, 5.41) is 0.818. The molecular weight excluding hydrogens is 248 g/mol. The van der Waals surface area contributed by atoms with Crippen molar-refractivity contribution in [3.05, 3.63) is 54.6 Å². The highest BCUT2D eigenvalue weighted by Gasteiger charge is 2.16. The topological polar surface area (TPSA) is 0 Å². The van der Waals surface area contributed by atoms with Crippen molar-refractivity contribution in [1.82, 2.24) is 0 Å². The van der Waals surface area contributed by atoms with Gasteiger partial charge in [-0.25, -0.2) is 0 Å². The summed E-state index contributed by atoms with van der Waals surface area (Å²) < 4.78 is 0. The molecule has 1 aliphatic carbocycles. The van der Waals surface area contributed by atoms with Crippen LogP contribution in [0.1, 0.15) is 32.1 Å². The lowest BCUT2D eigenvalue weighted by atomic mass is 10.0. The van der Waals surface area contributed by atoms with Gasteiger partial charge in [-0.3, -0.25) is 0 Å². The normalized spacial score (nSPS) is 16.4. The van der Waals surface area contributed by atoms with E-state index >= 15 is 0 Å². The molecule has 2 aromatic rings. The van der Waals surface area contributed by atoms with Gasteiger partial charge in [0, 0.05) is 10.1 Å². The molecule has 3 rings (SSSR count). The first-order valence-corrected chi connectivity index (χ1v) is 8.12. The minimum atomic E-state index is 0.818. The molecule has 1 heteroatoms. The lowest BCUT2D eigenvalue weighted by molar-refractivity contribution is 0.516. The van der Waals surface area contributed by atoms with E-state index in [0.717, 1.165) is 5.25 Å². The van der Waals surface area contributed by atoms with Crippen LogP contribution in [-0.4, -0.2) is 5.25 Å². The Morgan fingerprint density at radius 3 is 2.21 bits per heavy atom. The van der Waals surface area contributed by atoms with Gasteiger partial charge in [0.2, 0.25) is 0 Å². The van der Waals surface area contributed by atoms with Crippen LogP contribution >= 0.6 is 11.8 Å². The van der Waals surface area contributed by atoms with Crippen LogP contribution in [0.5, 0.6) is 0 Å². The zero-order valence-corrected chi connectivity index (χ0v) is 12.0. The predicted octanol–water partition coefficient (Wildman–Crippen LogP) is 5.78. The first kappa shape index (κ1) is 12.8. The maximum absolute atomic E-state index is 2.28. The lowest BCUT2D eigenvalue weighted by Gasteiger charge is -2.22. The smallest absolute Gasteiger partial charge is 0.0153 e. The molecule has 98 valence electrons. The molecule has 1 saturated carbocycles. The summed E-state index contributed by atoms with van der Waals surface area (Å²) in [6.07, 6.45) is 7.01. The third-order valence-electron chi connectivity index (χ3n) is 3.82. The second kappa shape index (κ2) is 6.29. The molecule has 1 fully saturated rings. The molecule has 0 N–H and O–H groups in total. The van der Waals surface area contributed by atoms with Crippen molar-refractivity contribution in [2.75, 3.05) is 0 Å². The summed E-state index contributed by atoms with van der Waals surface area (Å²) in [6.45, 7) is 0. The van der Waals surface area contributed by atoms with Crippen LogP contribution in [-0.2, 0) is 0 Å². The summed E-state index contributed by atoms with van der Waals surface area (Å²) in [5.74, 6) is 0. The summed E-state index contributed by atoms with van der Waals surface area (Å²) in [6, 6.07) is 19.6. The van der Waals surface area contributed by atoms with Crippen LogP contribution in [0.15, 0.2) is 59.5 Å². The molecule has 0 radical (unpaired) electrons. The zero-order chi connectivity index (χ0) is 12.9. The van der Waals surface area contributed by atoms with E-state index in [1.165, 1.54) is 48.1 Å². The first-order valence-electron chi connectivity index (χ1n) is 7.24. The third kappa shape index (κ3) is 3.22. The van der Waals surface area contributed by atoms with Crippen molar-refractivity contribution < 1.29 is 0 Å². The van der Waals surface area contributed by atoms with Gasteiger partial charge in [0.05, 0.1) is 0 Å². The molecule has 0 atom stereocenters. The monoisotopic (exact) mass is 268 g/mol. The summed E-state index contributed by atoms with van der Waals surface area (Å²) >= 11 is 2.09. The maximum atomic E-state index is 2.28. The van der Waals surface area contributed by atoms with Gasteiger partial charge in [-0.2, -0.15) is 0 Å². The molecule has 0 nitrogen and oxygen atoms in total. The number of hydrogen-bond donors (Lipinski definition) is 0. The Balaban J connectivity index is 1.85. The van der Waals surface area contributed by atoms with Gasteiger partial charge in [-0.15, -0.1) is 11.8 Å². The molecule has 0 unspecified atom stereocenters. The fraction of sp³-hybridized carbons (Fsp3) is 0.333. The number of benzene rings is 2. The highest BCUT2D eigenvalue weighted by atomic mass is 32.2. The molecule has 0 bridgehead atoms. The van der Waals surface area contributed by atoms with Crippen LogP contribution < -0.4 is 0 Å². The first-order chi connectivity index (χ1) is 9.43. The number of hydrogen-bond acceptors (Lipinski definition) is 1. The molecule has 0 aliphatic heterocycles. The summed E-state index contributed by atoms with van der Waals surface area (Å²) in [4.78, 5) is 1.45. The average Bonchev–Trinajstić information content (AvgIpc) is 2.50. The molecule has 0 amide bonds. The second-order valence-corrected chi connectivity index (χ2v) is 6.58.